The van der Waals surface area contributed by atoms with Gasteiger partial charge < -0.3 is 19.5 Å². The van der Waals surface area contributed by atoms with Gasteiger partial charge in [0.1, 0.15) is 11.4 Å². The summed E-state index contributed by atoms with van der Waals surface area (Å²) in [5.74, 6) is 0.940. The van der Waals surface area contributed by atoms with Crippen molar-refractivity contribution in [3.63, 3.8) is 0 Å². The van der Waals surface area contributed by atoms with E-state index in [-0.39, 0.29) is 18.2 Å². The fraction of sp³-hybridized carbons (Fsp3) is 0.632. The topological polar surface area (TPSA) is 60.0 Å². The van der Waals surface area contributed by atoms with Crippen molar-refractivity contribution in [2.45, 2.75) is 44.9 Å². The molecule has 6 nitrogen and oxygen atoms in total. The Kier molecular flexibility index (Phi) is 5.49. The number of morpholine rings is 1. The maximum absolute atomic E-state index is 12.5. The highest BCUT2D eigenvalue weighted by Gasteiger charge is 2.32. The van der Waals surface area contributed by atoms with Crippen LogP contribution >= 0.6 is 0 Å². The Hall–Kier alpha value is -1.79. The minimum absolute atomic E-state index is 0.0291. The highest BCUT2D eigenvalue weighted by Crippen LogP contribution is 2.31. The van der Waals surface area contributed by atoms with Gasteiger partial charge in [-0.2, -0.15) is 0 Å². The third-order valence-corrected chi connectivity index (χ3v) is 4.41. The van der Waals surface area contributed by atoms with Gasteiger partial charge in [0.2, 0.25) is 0 Å². The molecule has 0 bridgehead atoms. The lowest BCUT2D eigenvalue weighted by molar-refractivity contribution is -0.0324. The second-order valence-corrected chi connectivity index (χ2v) is 7.54. The predicted octanol–water partition coefficient (Wildman–Crippen LogP) is 2.74. The van der Waals surface area contributed by atoms with Crippen molar-refractivity contribution in [1.82, 2.24) is 10.2 Å². The van der Waals surface area contributed by atoms with Crippen molar-refractivity contribution in [2.75, 3.05) is 32.9 Å². The van der Waals surface area contributed by atoms with Crippen molar-refractivity contribution >= 4 is 6.09 Å². The van der Waals surface area contributed by atoms with Crippen LogP contribution in [0.4, 0.5) is 4.79 Å². The molecular weight excluding hydrogens is 320 g/mol. The molecule has 1 fully saturated rings. The highest BCUT2D eigenvalue weighted by molar-refractivity contribution is 5.68. The van der Waals surface area contributed by atoms with E-state index in [4.69, 9.17) is 14.2 Å². The summed E-state index contributed by atoms with van der Waals surface area (Å²) in [7, 11) is 0. The monoisotopic (exact) mass is 348 g/mol. The van der Waals surface area contributed by atoms with Crippen molar-refractivity contribution in [3.05, 3.63) is 29.8 Å². The lowest BCUT2D eigenvalue weighted by Crippen LogP contribution is -2.54. The Bertz CT molecular complexity index is 599. The summed E-state index contributed by atoms with van der Waals surface area (Å²) in [6, 6.07) is 8.31. The summed E-state index contributed by atoms with van der Waals surface area (Å²) >= 11 is 0. The molecule has 6 heteroatoms. The molecule has 0 aromatic heterocycles. The van der Waals surface area contributed by atoms with Gasteiger partial charge in [-0.15, -0.1) is 0 Å². The number of carbonyl (C=O) groups excluding carboxylic acids is 1. The molecule has 2 aliphatic heterocycles. The second-order valence-electron chi connectivity index (χ2n) is 7.54. The molecule has 0 aliphatic carbocycles. The Balaban J connectivity index is 1.62. The minimum atomic E-state index is -0.493. The SMILES string of the molecule is CC(C)(C)OC(=O)N1CCOCC1CNC1CCOc2ccccc21. The number of rotatable bonds is 3. The maximum atomic E-state index is 12.5. The molecule has 138 valence electrons. The average Bonchev–Trinajstić information content (AvgIpc) is 2.58. The number of para-hydroxylation sites is 1. The standard InChI is InChI=1S/C19H28N2O4/c1-19(2,3)25-18(22)21-9-11-23-13-14(21)12-20-16-8-10-24-17-7-5-4-6-15(16)17/h4-7,14,16,20H,8-13H2,1-3H3. The zero-order valence-electron chi connectivity index (χ0n) is 15.3. The molecular formula is C19H28N2O4. The predicted molar refractivity (Wildman–Crippen MR) is 94.8 cm³/mol. The molecule has 25 heavy (non-hydrogen) atoms. The van der Waals surface area contributed by atoms with Gasteiger partial charge in [-0.1, -0.05) is 18.2 Å². The minimum Gasteiger partial charge on any atom is -0.493 e. The van der Waals surface area contributed by atoms with E-state index in [0.29, 0.717) is 32.9 Å². The van der Waals surface area contributed by atoms with Gasteiger partial charge in [0.05, 0.1) is 25.9 Å². The molecule has 2 heterocycles. The quantitative estimate of drug-likeness (QED) is 0.910. The van der Waals surface area contributed by atoms with Crippen molar-refractivity contribution < 1.29 is 19.0 Å². The largest absolute Gasteiger partial charge is 0.493 e. The van der Waals surface area contributed by atoms with Gasteiger partial charge in [-0.3, -0.25) is 4.90 Å². The molecule has 2 atom stereocenters. The number of benzene rings is 1. The second kappa shape index (κ2) is 7.62. The Labute approximate surface area is 149 Å². The number of fused-ring (bicyclic) bond motifs is 1. The van der Waals surface area contributed by atoms with Crippen LogP contribution in [0, 0.1) is 0 Å². The van der Waals surface area contributed by atoms with Gasteiger partial charge in [0, 0.05) is 31.1 Å². The van der Waals surface area contributed by atoms with Gasteiger partial charge in [-0.05, 0) is 26.8 Å². The van der Waals surface area contributed by atoms with E-state index in [0.717, 1.165) is 12.2 Å². The maximum Gasteiger partial charge on any atom is 0.410 e. The fourth-order valence-corrected chi connectivity index (χ4v) is 3.22. The van der Waals surface area contributed by atoms with Crippen LogP contribution in [0.1, 0.15) is 38.8 Å². The van der Waals surface area contributed by atoms with Crippen LogP contribution in [0.2, 0.25) is 0 Å². The van der Waals surface area contributed by atoms with Crippen molar-refractivity contribution in [1.29, 1.82) is 0 Å². The van der Waals surface area contributed by atoms with Crippen LogP contribution < -0.4 is 10.1 Å². The number of carbonyl (C=O) groups is 1. The van der Waals surface area contributed by atoms with Crippen LogP contribution in [0.5, 0.6) is 5.75 Å². The first-order valence-corrected chi connectivity index (χ1v) is 8.96. The molecule has 2 aliphatic rings. The van der Waals surface area contributed by atoms with Crippen molar-refractivity contribution in [2.24, 2.45) is 0 Å². The molecule has 1 aromatic rings. The Morgan fingerprint density at radius 1 is 1.32 bits per heavy atom. The van der Waals surface area contributed by atoms with Gasteiger partial charge in [0.25, 0.3) is 0 Å². The molecule has 1 amide bonds. The first-order valence-electron chi connectivity index (χ1n) is 8.96. The van der Waals surface area contributed by atoms with Crippen molar-refractivity contribution in [3.8, 4) is 5.75 Å². The molecule has 1 saturated heterocycles. The average molecular weight is 348 g/mol. The smallest absolute Gasteiger partial charge is 0.410 e. The van der Waals surface area contributed by atoms with E-state index >= 15 is 0 Å². The first kappa shape index (κ1) is 18.0. The zero-order valence-corrected chi connectivity index (χ0v) is 15.3. The number of amides is 1. The molecule has 0 radical (unpaired) electrons. The van der Waals surface area contributed by atoms with E-state index in [9.17, 15) is 4.79 Å². The summed E-state index contributed by atoms with van der Waals surface area (Å²) in [5, 5.41) is 3.59. The third kappa shape index (κ3) is 4.64. The van der Waals surface area contributed by atoms with Gasteiger partial charge >= 0.3 is 6.09 Å². The summed E-state index contributed by atoms with van der Waals surface area (Å²) in [5.41, 5.74) is 0.682. The lowest BCUT2D eigenvalue weighted by Gasteiger charge is -2.37. The summed E-state index contributed by atoms with van der Waals surface area (Å²) in [6.07, 6.45) is 0.645. The summed E-state index contributed by atoms with van der Waals surface area (Å²) in [4.78, 5) is 14.3. The van der Waals surface area contributed by atoms with Crippen LogP contribution in [-0.4, -0.2) is 55.5 Å². The number of ether oxygens (including phenoxy) is 3. The van der Waals surface area contributed by atoms with Crippen LogP contribution in [0.15, 0.2) is 24.3 Å². The van der Waals surface area contributed by atoms with E-state index in [1.54, 1.807) is 4.90 Å². The molecule has 2 unspecified atom stereocenters. The molecule has 1 N–H and O–H groups in total. The van der Waals surface area contributed by atoms with E-state index in [1.807, 2.05) is 39.0 Å². The Morgan fingerprint density at radius 2 is 2.12 bits per heavy atom. The zero-order chi connectivity index (χ0) is 17.9. The lowest BCUT2D eigenvalue weighted by atomic mass is 10.0. The normalized spacial score (nSPS) is 23.6. The first-order chi connectivity index (χ1) is 11.9. The summed E-state index contributed by atoms with van der Waals surface area (Å²) in [6.45, 7) is 8.66. The molecule has 0 spiro atoms. The number of nitrogens with zero attached hydrogens (tertiary/aromatic N) is 1. The van der Waals surface area contributed by atoms with Crippen LogP contribution in [0.25, 0.3) is 0 Å². The number of nitrogens with one attached hydrogen (secondary N) is 1. The van der Waals surface area contributed by atoms with Crippen LogP contribution in [0.3, 0.4) is 0 Å². The third-order valence-electron chi connectivity index (χ3n) is 4.41. The van der Waals surface area contributed by atoms with E-state index in [1.165, 1.54) is 5.56 Å². The van der Waals surface area contributed by atoms with Crippen LogP contribution in [-0.2, 0) is 9.47 Å². The van der Waals surface area contributed by atoms with Gasteiger partial charge in [0.15, 0.2) is 0 Å². The molecule has 3 rings (SSSR count). The highest BCUT2D eigenvalue weighted by atomic mass is 16.6. The Morgan fingerprint density at radius 3 is 2.92 bits per heavy atom. The molecule has 0 saturated carbocycles. The van der Waals surface area contributed by atoms with E-state index in [2.05, 4.69) is 11.4 Å². The summed E-state index contributed by atoms with van der Waals surface area (Å²) < 4.78 is 16.8. The number of hydrogen-bond donors (Lipinski definition) is 1. The number of hydrogen-bond acceptors (Lipinski definition) is 5. The van der Waals surface area contributed by atoms with E-state index < -0.39 is 5.60 Å². The van der Waals surface area contributed by atoms with Gasteiger partial charge in [-0.25, -0.2) is 4.79 Å². The fourth-order valence-electron chi connectivity index (χ4n) is 3.22. The molecule has 1 aromatic carbocycles.